The van der Waals surface area contributed by atoms with E-state index in [0.29, 0.717) is 23.0 Å². The van der Waals surface area contributed by atoms with Crippen LogP contribution in [0.4, 0.5) is 5.82 Å². The highest BCUT2D eigenvalue weighted by atomic mass is 79.9. The van der Waals surface area contributed by atoms with E-state index in [9.17, 15) is 13.2 Å². The first-order chi connectivity index (χ1) is 13.9. The van der Waals surface area contributed by atoms with Crippen LogP contribution in [0.3, 0.4) is 0 Å². The molecule has 2 heterocycles. The number of aromatic nitrogens is 2. The summed E-state index contributed by atoms with van der Waals surface area (Å²) in [7, 11) is -2.28. The van der Waals surface area contributed by atoms with Crippen LogP contribution in [-0.4, -0.2) is 31.4 Å². The summed E-state index contributed by atoms with van der Waals surface area (Å²) in [5.74, 6) is 0.0859. The van der Waals surface area contributed by atoms with Crippen molar-refractivity contribution in [3.8, 4) is 0 Å². The maximum absolute atomic E-state index is 12.7. The molecule has 4 rings (SSSR count). The zero-order chi connectivity index (χ0) is 20.6. The summed E-state index contributed by atoms with van der Waals surface area (Å²) in [5.41, 5.74) is 1.04. The molecule has 8 nitrogen and oxygen atoms in total. The molecule has 0 saturated heterocycles. The van der Waals surface area contributed by atoms with Crippen molar-refractivity contribution in [2.75, 3.05) is 11.8 Å². The van der Waals surface area contributed by atoms with Crippen molar-refractivity contribution >= 4 is 48.4 Å². The predicted octanol–water partition coefficient (Wildman–Crippen LogP) is 3.33. The van der Waals surface area contributed by atoms with Crippen LogP contribution in [0.2, 0.25) is 0 Å². The largest absolute Gasteiger partial charge is 0.375 e. The SMILES string of the molecule is COC1CC(Br)=CC=C1n1c(=O)ccc2cc(S(=O)(=O)Nc3ccon3)ccc21. The third kappa shape index (κ3) is 3.78. The molecular formula is C19H16BrN3O5S. The summed E-state index contributed by atoms with van der Waals surface area (Å²) in [6, 6.07) is 8.96. The number of rotatable bonds is 5. The van der Waals surface area contributed by atoms with Crippen LogP contribution in [0.1, 0.15) is 6.42 Å². The van der Waals surface area contributed by atoms with Gasteiger partial charge in [0.25, 0.3) is 15.6 Å². The van der Waals surface area contributed by atoms with E-state index in [4.69, 9.17) is 4.74 Å². The second-order valence-electron chi connectivity index (χ2n) is 6.35. The Hall–Kier alpha value is -2.69. The molecule has 0 spiro atoms. The molecule has 150 valence electrons. The summed E-state index contributed by atoms with van der Waals surface area (Å²) in [4.78, 5) is 12.7. The second kappa shape index (κ2) is 7.62. The number of halogens is 1. The number of allylic oxidation sites excluding steroid dienone is 2. The van der Waals surface area contributed by atoms with Gasteiger partial charge < -0.3 is 9.26 Å². The lowest BCUT2D eigenvalue weighted by atomic mass is 10.1. The van der Waals surface area contributed by atoms with Gasteiger partial charge in [0.05, 0.1) is 16.1 Å². The number of hydrogen-bond acceptors (Lipinski definition) is 6. The summed E-state index contributed by atoms with van der Waals surface area (Å²) in [6.45, 7) is 0. The number of methoxy groups -OCH3 is 1. The van der Waals surface area contributed by atoms with E-state index < -0.39 is 10.0 Å². The van der Waals surface area contributed by atoms with Gasteiger partial charge in [-0.3, -0.25) is 14.1 Å². The Labute approximate surface area is 174 Å². The van der Waals surface area contributed by atoms with Gasteiger partial charge >= 0.3 is 0 Å². The van der Waals surface area contributed by atoms with E-state index in [1.54, 1.807) is 23.8 Å². The van der Waals surface area contributed by atoms with Gasteiger partial charge in [0.15, 0.2) is 5.82 Å². The molecule has 0 radical (unpaired) electrons. The molecule has 1 atom stereocenters. The Balaban J connectivity index is 1.83. The standard InChI is InChI=1S/C19H16BrN3O5S/c1-27-17-11-13(20)3-5-16(17)23-15-6-4-14(10-12(15)2-7-19(23)24)29(25,26)22-18-8-9-28-21-18/h2-10,17H,11H2,1H3,(H,21,22). The number of fused-ring (bicyclic) bond motifs is 1. The van der Waals surface area contributed by atoms with Crippen LogP contribution in [0.5, 0.6) is 0 Å². The van der Waals surface area contributed by atoms with Crippen molar-refractivity contribution in [2.45, 2.75) is 17.4 Å². The first-order valence-corrected chi connectivity index (χ1v) is 10.8. The second-order valence-corrected chi connectivity index (χ2v) is 9.05. The minimum Gasteiger partial charge on any atom is -0.375 e. The van der Waals surface area contributed by atoms with Crippen LogP contribution in [0.25, 0.3) is 16.6 Å². The summed E-state index contributed by atoms with van der Waals surface area (Å²) in [5, 5.41) is 4.15. The molecule has 0 bridgehead atoms. The van der Waals surface area contributed by atoms with E-state index in [1.807, 2.05) is 12.2 Å². The lowest BCUT2D eigenvalue weighted by Crippen LogP contribution is -2.27. The van der Waals surface area contributed by atoms with Gasteiger partial charge in [0.2, 0.25) is 0 Å². The lowest BCUT2D eigenvalue weighted by molar-refractivity contribution is 0.145. The molecule has 0 fully saturated rings. The normalized spacial score (nSPS) is 17.1. The van der Waals surface area contributed by atoms with Crippen LogP contribution in [-0.2, 0) is 14.8 Å². The summed E-state index contributed by atoms with van der Waals surface area (Å²) in [6.07, 6.45) is 5.25. The summed E-state index contributed by atoms with van der Waals surface area (Å²) < 4.78 is 40.3. The smallest absolute Gasteiger partial charge is 0.263 e. The van der Waals surface area contributed by atoms with E-state index in [0.717, 1.165) is 4.48 Å². The minimum absolute atomic E-state index is 0.0433. The fourth-order valence-corrected chi connectivity index (χ4v) is 4.63. The maximum Gasteiger partial charge on any atom is 0.263 e. The maximum atomic E-state index is 12.7. The molecule has 29 heavy (non-hydrogen) atoms. The molecule has 0 saturated carbocycles. The lowest BCUT2D eigenvalue weighted by Gasteiger charge is -2.24. The molecule has 2 aromatic heterocycles. The molecule has 0 amide bonds. The van der Waals surface area contributed by atoms with Gasteiger partial charge in [-0.05, 0) is 34.8 Å². The van der Waals surface area contributed by atoms with Crippen molar-refractivity contribution in [3.05, 3.63) is 69.6 Å². The van der Waals surface area contributed by atoms with E-state index in [-0.39, 0.29) is 22.4 Å². The average Bonchev–Trinajstić information content (AvgIpc) is 3.20. The molecule has 1 unspecified atom stereocenters. The molecule has 1 aliphatic carbocycles. The topological polar surface area (TPSA) is 103 Å². The quantitative estimate of drug-likeness (QED) is 0.604. The van der Waals surface area contributed by atoms with E-state index in [1.165, 1.54) is 30.5 Å². The highest BCUT2D eigenvalue weighted by Crippen LogP contribution is 2.30. The number of hydrogen-bond donors (Lipinski definition) is 1. The highest BCUT2D eigenvalue weighted by Gasteiger charge is 2.23. The molecule has 10 heteroatoms. The van der Waals surface area contributed by atoms with Gasteiger partial charge in [-0.1, -0.05) is 27.2 Å². The Kier molecular flexibility index (Phi) is 5.15. The summed E-state index contributed by atoms with van der Waals surface area (Å²) >= 11 is 3.46. The highest BCUT2D eigenvalue weighted by molar-refractivity contribution is 9.11. The Morgan fingerprint density at radius 2 is 2.07 bits per heavy atom. The number of sulfonamides is 1. The van der Waals surface area contributed by atoms with E-state index in [2.05, 4.69) is 30.3 Å². The van der Waals surface area contributed by atoms with Gasteiger partial charge in [-0.2, -0.15) is 0 Å². The number of benzene rings is 1. The number of ether oxygens (including phenoxy) is 1. The van der Waals surface area contributed by atoms with Gasteiger partial charge in [0.1, 0.15) is 12.4 Å². The third-order valence-corrected chi connectivity index (χ3v) is 6.48. The monoisotopic (exact) mass is 477 g/mol. The minimum atomic E-state index is -3.86. The van der Waals surface area contributed by atoms with Gasteiger partial charge in [-0.25, -0.2) is 8.42 Å². The van der Waals surface area contributed by atoms with Crippen LogP contribution >= 0.6 is 15.9 Å². The number of nitrogens with zero attached hydrogens (tertiary/aromatic N) is 2. The molecule has 0 aliphatic heterocycles. The van der Waals surface area contributed by atoms with Crippen LogP contribution < -0.4 is 10.3 Å². The molecule has 1 aliphatic rings. The molecule has 1 N–H and O–H groups in total. The average molecular weight is 478 g/mol. The molecular weight excluding hydrogens is 462 g/mol. The third-order valence-electron chi connectivity index (χ3n) is 4.54. The fraction of sp³-hybridized carbons (Fsp3) is 0.158. The van der Waals surface area contributed by atoms with Crippen molar-refractivity contribution < 1.29 is 17.7 Å². The Bertz CT molecular complexity index is 1290. The van der Waals surface area contributed by atoms with Crippen molar-refractivity contribution in [1.82, 2.24) is 9.72 Å². The van der Waals surface area contributed by atoms with Gasteiger partial charge in [-0.15, -0.1) is 0 Å². The first-order valence-electron chi connectivity index (χ1n) is 8.57. The Morgan fingerprint density at radius 1 is 1.24 bits per heavy atom. The van der Waals surface area contributed by atoms with E-state index >= 15 is 0 Å². The van der Waals surface area contributed by atoms with Crippen LogP contribution in [0, 0.1) is 0 Å². The van der Waals surface area contributed by atoms with Crippen molar-refractivity contribution in [3.63, 3.8) is 0 Å². The van der Waals surface area contributed by atoms with Gasteiger partial charge in [0, 0.05) is 31.0 Å². The zero-order valence-corrected chi connectivity index (χ0v) is 17.6. The molecule has 1 aromatic carbocycles. The number of anilines is 1. The van der Waals surface area contributed by atoms with Crippen molar-refractivity contribution in [2.24, 2.45) is 0 Å². The fourth-order valence-electron chi connectivity index (χ4n) is 3.17. The number of nitrogens with one attached hydrogen (secondary N) is 1. The first kappa shape index (κ1) is 19.6. The van der Waals surface area contributed by atoms with Crippen LogP contribution in [0.15, 0.2) is 73.5 Å². The predicted molar refractivity (Wildman–Crippen MR) is 112 cm³/mol. The number of pyridine rings is 1. The Morgan fingerprint density at radius 3 is 2.79 bits per heavy atom. The zero-order valence-electron chi connectivity index (χ0n) is 15.2. The van der Waals surface area contributed by atoms with Crippen molar-refractivity contribution in [1.29, 1.82) is 0 Å². The molecule has 3 aromatic rings.